The number of fused-ring (bicyclic) bond motifs is 6. The number of hydrogen-bond acceptors (Lipinski definition) is 8. The summed E-state index contributed by atoms with van der Waals surface area (Å²) >= 11 is 0. The van der Waals surface area contributed by atoms with E-state index >= 15 is 0 Å². The summed E-state index contributed by atoms with van der Waals surface area (Å²) in [6.07, 6.45) is 2.99. The van der Waals surface area contributed by atoms with Crippen LogP contribution in [0.2, 0.25) is 0 Å². The second kappa shape index (κ2) is 10.1. The molecule has 0 unspecified atom stereocenters. The summed E-state index contributed by atoms with van der Waals surface area (Å²) in [5, 5.41) is 12.2. The molecule has 0 spiro atoms. The van der Waals surface area contributed by atoms with Gasteiger partial charge < -0.3 is 24.4 Å². The number of ether oxygens (including phenoxy) is 3. The van der Waals surface area contributed by atoms with E-state index in [2.05, 4.69) is 20.6 Å². The number of hydrogen-bond donors (Lipinski definition) is 1. The van der Waals surface area contributed by atoms with Crippen molar-refractivity contribution in [3.05, 3.63) is 77.7 Å². The predicted octanol–water partition coefficient (Wildman–Crippen LogP) is 2.07. The normalized spacial score (nSPS) is 19.6. The molecule has 11 nitrogen and oxygen atoms in total. The molecule has 11 heteroatoms. The minimum absolute atomic E-state index is 0.144. The fourth-order valence-corrected chi connectivity index (χ4v) is 4.84. The molecule has 0 aliphatic carbocycles. The van der Waals surface area contributed by atoms with Crippen LogP contribution in [-0.4, -0.2) is 75.6 Å². The number of benzene rings is 2. The molecule has 0 radical (unpaired) electrons. The molecule has 2 aromatic carbocycles. The smallest absolute Gasteiger partial charge is 0.254 e. The standard InChI is InChI=1S/C27H26N6O5/c1-36-23-7-6-17-12-24(23)37-11-10-33-13-18(30-31-33)16-38-25-15-32(14-22(25)29-26(17)34)27(35)20-8-9-28-21-5-3-2-4-19(20)21/h2-9,12-13,22,25H,10-11,14-16H2,1H3,(H,29,34)/t22-,25-/m0/s1. The molecule has 2 amide bonds. The van der Waals surface area contributed by atoms with Gasteiger partial charge in [0.15, 0.2) is 11.5 Å². The van der Waals surface area contributed by atoms with Gasteiger partial charge in [0, 0.05) is 30.2 Å². The highest BCUT2D eigenvalue weighted by Gasteiger charge is 2.38. The van der Waals surface area contributed by atoms with Crippen molar-refractivity contribution >= 4 is 22.7 Å². The van der Waals surface area contributed by atoms with Crippen LogP contribution in [0.15, 0.2) is 60.9 Å². The Hall–Kier alpha value is -4.51. The maximum absolute atomic E-state index is 13.6. The molecule has 4 heterocycles. The van der Waals surface area contributed by atoms with Gasteiger partial charge in [-0.15, -0.1) is 5.10 Å². The van der Waals surface area contributed by atoms with E-state index in [9.17, 15) is 9.59 Å². The molecule has 1 N–H and O–H groups in total. The molecule has 38 heavy (non-hydrogen) atoms. The van der Waals surface area contributed by atoms with Crippen LogP contribution in [0, 0.1) is 0 Å². The summed E-state index contributed by atoms with van der Waals surface area (Å²) in [5.41, 5.74) is 2.37. The number of carbonyl (C=O) groups excluding carboxylic acids is 2. The average molecular weight is 515 g/mol. The lowest BCUT2D eigenvalue weighted by Gasteiger charge is -2.20. The average Bonchev–Trinajstić information content (AvgIpc) is 3.57. The Morgan fingerprint density at radius 1 is 1.16 bits per heavy atom. The third-order valence-electron chi connectivity index (χ3n) is 6.78. The van der Waals surface area contributed by atoms with Crippen LogP contribution in [0.3, 0.4) is 0 Å². The van der Waals surface area contributed by atoms with Gasteiger partial charge >= 0.3 is 0 Å². The van der Waals surface area contributed by atoms with Gasteiger partial charge in [0.1, 0.15) is 12.3 Å². The van der Waals surface area contributed by atoms with Gasteiger partial charge in [-0.3, -0.25) is 14.6 Å². The Bertz CT molecular complexity index is 1500. The van der Waals surface area contributed by atoms with Gasteiger partial charge in [0.2, 0.25) is 0 Å². The minimum Gasteiger partial charge on any atom is -0.493 e. The van der Waals surface area contributed by atoms with Gasteiger partial charge in [-0.2, -0.15) is 0 Å². The number of nitrogens with one attached hydrogen (secondary N) is 1. The topological polar surface area (TPSA) is 121 Å². The molecular formula is C27H26N6O5. The van der Waals surface area contributed by atoms with Crippen molar-refractivity contribution in [1.29, 1.82) is 0 Å². The molecule has 1 saturated heterocycles. The van der Waals surface area contributed by atoms with E-state index in [0.717, 1.165) is 10.9 Å². The van der Waals surface area contributed by atoms with E-state index in [1.54, 1.807) is 53.4 Å². The van der Waals surface area contributed by atoms with Crippen molar-refractivity contribution in [2.75, 3.05) is 26.8 Å². The Kier molecular flexibility index (Phi) is 6.34. The monoisotopic (exact) mass is 514 g/mol. The summed E-state index contributed by atoms with van der Waals surface area (Å²) < 4.78 is 19.2. The second-order valence-electron chi connectivity index (χ2n) is 9.20. The van der Waals surface area contributed by atoms with Gasteiger partial charge in [-0.05, 0) is 30.3 Å². The summed E-state index contributed by atoms with van der Waals surface area (Å²) in [7, 11) is 1.55. The number of nitrogens with zero attached hydrogens (tertiary/aromatic N) is 5. The van der Waals surface area contributed by atoms with Crippen molar-refractivity contribution in [2.24, 2.45) is 0 Å². The van der Waals surface area contributed by atoms with Crippen molar-refractivity contribution < 1.29 is 23.8 Å². The van der Waals surface area contributed by atoms with Gasteiger partial charge in [0.25, 0.3) is 11.8 Å². The maximum atomic E-state index is 13.6. The van der Waals surface area contributed by atoms with Crippen LogP contribution < -0.4 is 14.8 Å². The first kappa shape index (κ1) is 23.9. The first-order valence-corrected chi connectivity index (χ1v) is 12.3. The quantitative estimate of drug-likeness (QED) is 0.432. The van der Waals surface area contributed by atoms with Crippen LogP contribution in [0.1, 0.15) is 26.4 Å². The molecular weight excluding hydrogens is 488 g/mol. The Labute approximate surface area is 218 Å². The lowest BCUT2D eigenvalue weighted by Crippen LogP contribution is -2.44. The van der Waals surface area contributed by atoms with Gasteiger partial charge in [0.05, 0.1) is 49.7 Å². The molecule has 4 bridgehead atoms. The van der Waals surface area contributed by atoms with E-state index in [4.69, 9.17) is 14.2 Å². The van der Waals surface area contributed by atoms with E-state index in [-0.39, 0.29) is 25.0 Å². The lowest BCUT2D eigenvalue weighted by atomic mass is 10.1. The number of likely N-dealkylation sites (tertiary alicyclic amines) is 1. The zero-order valence-corrected chi connectivity index (χ0v) is 20.7. The molecule has 2 aliphatic heterocycles. The predicted molar refractivity (Wildman–Crippen MR) is 136 cm³/mol. The van der Waals surface area contributed by atoms with Crippen molar-refractivity contribution in [3.63, 3.8) is 0 Å². The molecule has 4 aromatic rings. The Morgan fingerprint density at radius 2 is 2.05 bits per heavy atom. The zero-order valence-electron chi connectivity index (χ0n) is 20.7. The Morgan fingerprint density at radius 3 is 2.95 bits per heavy atom. The summed E-state index contributed by atoms with van der Waals surface area (Å²) in [5.74, 6) is 0.540. The highest BCUT2D eigenvalue weighted by Crippen LogP contribution is 2.29. The van der Waals surface area contributed by atoms with Crippen LogP contribution >= 0.6 is 0 Å². The summed E-state index contributed by atoms with van der Waals surface area (Å²) in [6.45, 7) is 1.57. The molecule has 1 fully saturated rings. The van der Waals surface area contributed by atoms with Crippen LogP contribution in [0.4, 0.5) is 0 Å². The van der Waals surface area contributed by atoms with Crippen molar-refractivity contribution in [3.8, 4) is 11.5 Å². The van der Waals surface area contributed by atoms with E-state index in [1.807, 2.05) is 24.3 Å². The fourth-order valence-electron chi connectivity index (χ4n) is 4.84. The maximum Gasteiger partial charge on any atom is 0.254 e. The molecule has 2 aromatic heterocycles. The van der Waals surface area contributed by atoms with E-state index in [0.29, 0.717) is 48.0 Å². The number of para-hydroxylation sites is 1. The fraction of sp³-hybridized carbons (Fsp3) is 0.296. The summed E-state index contributed by atoms with van der Waals surface area (Å²) in [6, 6.07) is 13.8. The number of pyridine rings is 1. The Balaban J connectivity index is 1.30. The summed E-state index contributed by atoms with van der Waals surface area (Å²) in [4.78, 5) is 33.0. The second-order valence-corrected chi connectivity index (χ2v) is 9.20. The lowest BCUT2D eigenvalue weighted by molar-refractivity contribution is 0.0291. The SMILES string of the molecule is COc1ccc2cc1OCCn1cc(nn1)CO[C@H]1CN(C(=O)c3ccnc4ccccc34)C[C@@H]1NC2=O. The number of methoxy groups -OCH3 is 1. The van der Waals surface area contributed by atoms with Gasteiger partial charge in [-0.25, -0.2) is 4.68 Å². The number of carbonyl (C=O) groups is 2. The van der Waals surface area contributed by atoms with Crippen LogP contribution in [-0.2, 0) is 17.9 Å². The van der Waals surface area contributed by atoms with Gasteiger partial charge in [-0.1, -0.05) is 23.4 Å². The van der Waals surface area contributed by atoms with E-state index < -0.39 is 12.1 Å². The largest absolute Gasteiger partial charge is 0.493 e. The highest BCUT2D eigenvalue weighted by atomic mass is 16.5. The molecule has 2 atom stereocenters. The first-order valence-electron chi connectivity index (χ1n) is 12.3. The van der Waals surface area contributed by atoms with Crippen molar-refractivity contribution in [1.82, 2.24) is 30.2 Å². The van der Waals surface area contributed by atoms with E-state index in [1.165, 1.54) is 0 Å². The number of amides is 2. The number of aromatic nitrogens is 4. The minimum atomic E-state index is -0.444. The van der Waals surface area contributed by atoms with Crippen molar-refractivity contribution in [2.45, 2.75) is 25.3 Å². The molecule has 2 aliphatic rings. The molecule has 0 saturated carbocycles. The molecule has 194 valence electrons. The molecule has 6 rings (SSSR count). The third-order valence-corrected chi connectivity index (χ3v) is 6.78. The third kappa shape index (κ3) is 4.63. The number of rotatable bonds is 2. The van der Waals surface area contributed by atoms with Crippen LogP contribution in [0.25, 0.3) is 10.9 Å². The highest BCUT2D eigenvalue weighted by molar-refractivity contribution is 6.06. The zero-order chi connectivity index (χ0) is 26.1. The van der Waals surface area contributed by atoms with Crippen LogP contribution in [0.5, 0.6) is 11.5 Å². The first-order chi connectivity index (χ1) is 18.6.